The van der Waals surface area contributed by atoms with Gasteiger partial charge in [0.1, 0.15) is 0 Å². The van der Waals surface area contributed by atoms with Crippen molar-refractivity contribution in [3.8, 4) is 0 Å². The lowest BCUT2D eigenvalue weighted by molar-refractivity contribution is 0.245. The Kier molecular flexibility index (Phi) is 2.63. The van der Waals surface area contributed by atoms with Crippen molar-refractivity contribution in [1.29, 1.82) is 0 Å². The molecule has 1 heterocycles. The molecular weight excluding hydrogens is 178 g/mol. The first kappa shape index (κ1) is 9.85. The SMILES string of the molecule is CSC1(CN2CCC(C)C2C)CC1. The summed E-state index contributed by atoms with van der Waals surface area (Å²) in [5, 5.41) is 0. The normalized spacial score (nSPS) is 38.1. The second-order valence-electron chi connectivity index (χ2n) is 4.86. The van der Waals surface area contributed by atoms with Crippen molar-refractivity contribution in [3.05, 3.63) is 0 Å². The first-order valence-corrected chi connectivity index (χ1v) is 6.68. The molecule has 1 aliphatic heterocycles. The molecule has 0 spiro atoms. The van der Waals surface area contributed by atoms with Crippen LogP contribution in [0.4, 0.5) is 0 Å². The molecule has 2 fully saturated rings. The molecule has 0 radical (unpaired) electrons. The molecule has 2 rings (SSSR count). The number of thioether (sulfide) groups is 1. The fourth-order valence-corrected chi connectivity index (χ4v) is 3.14. The van der Waals surface area contributed by atoms with Crippen LogP contribution in [0.5, 0.6) is 0 Å². The lowest BCUT2D eigenvalue weighted by Crippen LogP contribution is -2.35. The van der Waals surface area contributed by atoms with E-state index in [1.807, 2.05) is 0 Å². The third-order valence-electron chi connectivity index (χ3n) is 4.00. The van der Waals surface area contributed by atoms with Gasteiger partial charge < -0.3 is 0 Å². The molecule has 1 saturated heterocycles. The van der Waals surface area contributed by atoms with Crippen LogP contribution in [0.25, 0.3) is 0 Å². The van der Waals surface area contributed by atoms with E-state index in [4.69, 9.17) is 0 Å². The Balaban J connectivity index is 1.88. The van der Waals surface area contributed by atoms with E-state index < -0.39 is 0 Å². The molecule has 0 bridgehead atoms. The maximum Gasteiger partial charge on any atom is 0.0285 e. The van der Waals surface area contributed by atoms with Crippen molar-refractivity contribution >= 4 is 11.8 Å². The van der Waals surface area contributed by atoms with Gasteiger partial charge in [-0.15, -0.1) is 0 Å². The Labute approximate surface area is 86.3 Å². The van der Waals surface area contributed by atoms with Crippen LogP contribution in [0.1, 0.15) is 33.1 Å². The van der Waals surface area contributed by atoms with Crippen LogP contribution in [0, 0.1) is 5.92 Å². The Bertz CT molecular complexity index is 189. The molecule has 76 valence electrons. The summed E-state index contributed by atoms with van der Waals surface area (Å²) < 4.78 is 0.665. The molecule has 2 atom stereocenters. The maximum atomic E-state index is 2.70. The Morgan fingerprint density at radius 1 is 1.38 bits per heavy atom. The standard InChI is InChI=1S/C11H21NS/c1-9-4-7-12(10(9)2)8-11(13-3)5-6-11/h9-10H,4-8H2,1-3H3. The van der Waals surface area contributed by atoms with E-state index in [0.717, 1.165) is 12.0 Å². The molecule has 2 heteroatoms. The van der Waals surface area contributed by atoms with Crippen molar-refractivity contribution in [2.24, 2.45) is 5.92 Å². The van der Waals surface area contributed by atoms with Gasteiger partial charge in [0.05, 0.1) is 0 Å². The fraction of sp³-hybridized carbons (Fsp3) is 1.00. The van der Waals surface area contributed by atoms with Gasteiger partial charge in [0, 0.05) is 17.3 Å². The summed E-state index contributed by atoms with van der Waals surface area (Å²) in [6.45, 7) is 7.47. The quantitative estimate of drug-likeness (QED) is 0.687. The summed E-state index contributed by atoms with van der Waals surface area (Å²) in [4.78, 5) is 2.70. The van der Waals surface area contributed by atoms with Crippen LogP contribution in [-0.4, -0.2) is 35.0 Å². The Morgan fingerprint density at radius 3 is 2.46 bits per heavy atom. The molecule has 0 amide bonds. The van der Waals surface area contributed by atoms with Crippen LogP contribution in [0.2, 0.25) is 0 Å². The zero-order chi connectivity index (χ0) is 9.47. The average molecular weight is 199 g/mol. The first-order valence-electron chi connectivity index (χ1n) is 5.46. The summed E-state index contributed by atoms with van der Waals surface area (Å²) in [6, 6.07) is 0.824. The number of rotatable bonds is 3. The van der Waals surface area contributed by atoms with E-state index >= 15 is 0 Å². The van der Waals surface area contributed by atoms with Gasteiger partial charge in [-0.2, -0.15) is 11.8 Å². The predicted molar refractivity (Wildman–Crippen MR) is 60.3 cm³/mol. The molecule has 0 aromatic heterocycles. The summed E-state index contributed by atoms with van der Waals surface area (Å²) >= 11 is 2.09. The molecular formula is C11H21NS. The minimum absolute atomic E-state index is 0.665. The minimum Gasteiger partial charge on any atom is -0.299 e. The van der Waals surface area contributed by atoms with Gasteiger partial charge in [-0.25, -0.2) is 0 Å². The molecule has 13 heavy (non-hydrogen) atoms. The Morgan fingerprint density at radius 2 is 2.08 bits per heavy atom. The molecule has 2 aliphatic rings. The van der Waals surface area contributed by atoms with E-state index in [9.17, 15) is 0 Å². The van der Waals surface area contributed by atoms with Gasteiger partial charge in [0.25, 0.3) is 0 Å². The summed E-state index contributed by atoms with van der Waals surface area (Å²) in [7, 11) is 0. The van der Waals surface area contributed by atoms with E-state index in [0.29, 0.717) is 4.75 Å². The van der Waals surface area contributed by atoms with Crippen LogP contribution < -0.4 is 0 Å². The van der Waals surface area contributed by atoms with Crippen molar-refractivity contribution < 1.29 is 0 Å². The fourth-order valence-electron chi connectivity index (χ4n) is 2.33. The summed E-state index contributed by atoms with van der Waals surface area (Å²) in [6.07, 6.45) is 6.58. The zero-order valence-corrected chi connectivity index (χ0v) is 9.86. The van der Waals surface area contributed by atoms with Gasteiger partial charge in [-0.1, -0.05) is 6.92 Å². The highest BCUT2D eigenvalue weighted by atomic mass is 32.2. The molecule has 1 nitrogen and oxygen atoms in total. The molecule has 0 N–H and O–H groups in total. The van der Waals surface area contributed by atoms with E-state index in [-0.39, 0.29) is 0 Å². The molecule has 2 unspecified atom stereocenters. The van der Waals surface area contributed by atoms with Crippen LogP contribution in [0.15, 0.2) is 0 Å². The van der Waals surface area contributed by atoms with E-state index in [1.54, 1.807) is 0 Å². The third-order valence-corrected chi connectivity index (χ3v) is 5.41. The van der Waals surface area contributed by atoms with Crippen LogP contribution in [-0.2, 0) is 0 Å². The smallest absolute Gasteiger partial charge is 0.0285 e. The van der Waals surface area contributed by atoms with Crippen molar-refractivity contribution in [3.63, 3.8) is 0 Å². The highest BCUT2D eigenvalue weighted by molar-refractivity contribution is 8.00. The lowest BCUT2D eigenvalue weighted by atomic mass is 10.1. The first-order chi connectivity index (χ1) is 6.17. The van der Waals surface area contributed by atoms with Crippen LogP contribution in [0.3, 0.4) is 0 Å². The third kappa shape index (κ3) is 1.89. The molecule has 0 aromatic rings. The maximum absolute atomic E-state index is 2.70. The Hall–Kier alpha value is 0.310. The number of hydrogen-bond acceptors (Lipinski definition) is 2. The van der Waals surface area contributed by atoms with Gasteiger partial charge in [-0.05, 0) is 44.9 Å². The second-order valence-corrected chi connectivity index (χ2v) is 6.14. The second kappa shape index (κ2) is 3.47. The van der Waals surface area contributed by atoms with E-state index in [1.165, 1.54) is 32.4 Å². The largest absolute Gasteiger partial charge is 0.299 e. The van der Waals surface area contributed by atoms with Gasteiger partial charge in [0.15, 0.2) is 0 Å². The minimum atomic E-state index is 0.665. The highest BCUT2D eigenvalue weighted by Crippen LogP contribution is 2.48. The summed E-state index contributed by atoms with van der Waals surface area (Å²) in [5.74, 6) is 0.914. The number of likely N-dealkylation sites (tertiary alicyclic amines) is 1. The van der Waals surface area contributed by atoms with E-state index in [2.05, 4.69) is 36.8 Å². The molecule has 1 aliphatic carbocycles. The van der Waals surface area contributed by atoms with Crippen molar-refractivity contribution in [2.45, 2.75) is 43.9 Å². The topological polar surface area (TPSA) is 3.24 Å². The number of nitrogens with zero attached hydrogens (tertiary/aromatic N) is 1. The predicted octanol–water partition coefficient (Wildman–Crippen LogP) is 2.61. The summed E-state index contributed by atoms with van der Waals surface area (Å²) in [5.41, 5.74) is 0. The van der Waals surface area contributed by atoms with Crippen LogP contribution >= 0.6 is 11.8 Å². The molecule has 1 saturated carbocycles. The monoisotopic (exact) mass is 199 g/mol. The molecule has 0 aromatic carbocycles. The number of hydrogen-bond donors (Lipinski definition) is 0. The van der Waals surface area contributed by atoms with Crippen molar-refractivity contribution in [2.75, 3.05) is 19.3 Å². The lowest BCUT2D eigenvalue weighted by Gasteiger charge is -2.27. The highest BCUT2D eigenvalue weighted by Gasteiger charge is 2.45. The van der Waals surface area contributed by atoms with Gasteiger partial charge in [0.2, 0.25) is 0 Å². The zero-order valence-electron chi connectivity index (χ0n) is 9.05. The van der Waals surface area contributed by atoms with Crippen molar-refractivity contribution in [1.82, 2.24) is 4.90 Å². The van der Waals surface area contributed by atoms with Gasteiger partial charge >= 0.3 is 0 Å². The average Bonchev–Trinajstić information content (AvgIpc) is 2.85. The van der Waals surface area contributed by atoms with Gasteiger partial charge in [-0.3, -0.25) is 4.90 Å².